The van der Waals surface area contributed by atoms with Crippen LogP contribution in [0.15, 0.2) is 0 Å². The molecule has 1 rings (SSSR count). The summed E-state index contributed by atoms with van der Waals surface area (Å²) in [4.78, 5) is 33.3. The molecule has 0 saturated carbocycles. The Bertz CT molecular complexity index is 593. The molecule has 0 saturated heterocycles. The number of nitrogens with two attached hydrogens (primary N) is 1. The summed E-state index contributed by atoms with van der Waals surface area (Å²) in [5.41, 5.74) is 7.73. The van der Waals surface area contributed by atoms with Crippen molar-refractivity contribution in [3.05, 3.63) is 17.0 Å². The minimum Gasteiger partial charge on any atom is -0.456 e. The first-order valence-electron chi connectivity index (χ1n) is 7.48. The van der Waals surface area contributed by atoms with Gasteiger partial charge >= 0.3 is 12.0 Å². The van der Waals surface area contributed by atoms with E-state index in [1.165, 1.54) is 0 Å². The number of hydrogen-bond acceptors (Lipinski definition) is 5. The third-order valence-electron chi connectivity index (χ3n) is 3.28. The molecule has 0 aliphatic carbocycles. The number of nitrogens with zero attached hydrogens (tertiary/aromatic N) is 2. The molecule has 128 valence electrons. The van der Waals surface area contributed by atoms with Crippen molar-refractivity contribution in [1.29, 1.82) is 0 Å². The standard InChI is InChI=1S/C15H24N4O4/c1-9(2)7-19-11(4)12(10(3)18-19)5-6-14(21)23-8-13(20)17-15(16)22/h9H,5-8H2,1-4H3,(H3,16,17,20,22). The number of aromatic nitrogens is 2. The van der Waals surface area contributed by atoms with Gasteiger partial charge in [0.05, 0.1) is 5.69 Å². The molecule has 1 aromatic heterocycles. The summed E-state index contributed by atoms with van der Waals surface area (Å²) in [7, 11) is 0. The predicted molar refractivity (Wildman–Crippen MR) is 83.5 cm³/mol. The number of amides is 3. The molecule has 8 nitrogen and oxygen atoms in total. The smallest absolute Gasteiger partial charge is 0.318 e. The molecule has 0 fully saturated rings. The molecule has 8 heteroatoms. The van der Waals surface area contributed by atoms with Crippen LogP contribution in [0.2, 0.25) is 0 Å². The normalized spacial score (nSPS) is 10.7. The van der Waals surface area contributed by atoms with Crippen LogP contribution in [-0.2, 0) is 27.3 Å². The molecule has 1 heterocycles. The van der Waals surface area contributed by atoms with Gasteiger partial charge in [-0.3, -0.25) is 19.6 Å². The maximum Gasteiger partial charge on any atom is 0.318 e. The SMILES string of the molecule is Cc1nn(CC(C)C)c(C)c1CCC(=O)OCC(=O)NC(N)=O. The van der Waals surface area contributed by atoms with Gasteiger partial charge in [-0.05, 0) is 31.7 Å². The first kappa shape index (κ1) is 18.7. The number of carbonyl (C=O) groups excluding carboxylic acids is 3. The molecule has 0 bridgehead atoms. The molecule has 23 heavy (non-hydrogen) atoms. The zero-order valence-electron chi connectivity index (χ0n) is 14.0. The van der Waals surface area contributed by atoms with Crippen LogP contribution in [0.4, 0.5) is 4.79 Å². The zero-order chi connectivity index (χ0) is 17.6. The van der Waals surface area contributed by atoms with Crippen LogP contribution in [0, 0.1) is 19.8 Å². The summed E-state index contributed by atoms with van der Waals surface area (Å²) in [5.74, 6) is -0.780. The predicted octanol–water partition coefficient (Wildman–Crippen LogP) is 0.827. The summed E-state index contributed by atoms with van der Waals surface area (Å²) >= 11 is 0. The maximum atomic E-state index is 11.7. The first-order chi connectivity index (χ1) is 10.7. The van der Waals surface area contributed by atoms with E-state index in [1.54, 1.807) is 0 Å². The molecule has 0 aromatic carbocycles. The van der Waals surface area contributed by atoms with Crippen LogP contribution in [-0.4, -0.2) is 34.3 Å². The topological polar surface area (TPSA) is 116 Å². The number of esters is 1. The Kier molecular flexibility index (Phi) is 6.74. The number of ether oxygens (including phenoxy) is 1. The number of primary amides is 1. The van der Waals surface area contributed by atoms with Gasteiger partial charge in [0.15, 0.2) is 6.61 Å². The molecule has 0 atom stereocenters. The van der Waals surface area contributed by atoms with E-state index in [2.05, 4.69) is 18.9 Å². The highest BCUT2D eigenvalue weighted by Crippen LogP contribution is 2.16. The van der Waals surface area contributed by atoms with Crippen molar-refractivity contribution >= 4 is 17.9 Å². The summed E-state index contributed by atoms with van der Waals surface area (Å²) < 4.78 is 6.74. The highest BCUT2D eigenvalue weighted by molar-refractivity contribution is 5.94. The average Bonchev–Trinajstić information content (AvgIpc) is 2.67. The lowest BCUT2D eigenvalue weighted by atomic mass is 10.1. The Morgan fingerprint density at radius 3 is 2.52 bits per heavy atom. The van der Waals surface area contributed by atoms with E-state index in [0.29, 0.717) is 12.3 Å². The number of aryl methyl sites for hydroxylation is 1. The fraction of sp³-hybridized carbons (Fsp3) is 0.600. The molecule has 0 spiro atoms. The van der Waals surface area contributed by atoms with E-state index < -0.39 is 24.5 Å². The average molecular weight is 324 g/mol. The van der Waals surface area contributed by atoms with E-state index in [-0.39, 0.29) is 6.42 Å². The highest BCUT2D eigenvalue weighted by Gasteiger charge is 2.15. The van der Waals surface area contributed by atoms with Gasteiger partial charge in [0.1, 0.15) is 0 Å². The third kappa shape index (κ3) is 6.09. The van der Waals surface area contributed by atoms with Crippen molar-refractivity contribution in [1.82, 2.24) is 15.1 Å². The van der Waals surface area contributed by atoms with Crippen molar-refractivity contribution in [3.63, 3.8) is 0 Å². The van der Waals surface area contributed by atoms with Crippen LogP contribution in [0.25, 0.3) is 0 Å². The summed E-state index contributed by atoms with van der Waals surface area (Å²) in [6.45, 7) is 8.42. The van der Waals surface area contributed by atoms with Crippen molar-refractivity contribution in [2.24, 2.45) is 11.7 Å². The number of nitrogens with one attached hydrogen (secondary N) is 1. The van der Waals surface area contributed by atoms with Gasteiger partial charge in [0.25, 0.3) is 5.91 Å². The number of imide groups is 1. The van der Waals surface area contributed by atoms with Crippen LogP contribution in [0.5, 0.6) is 0 Å². The minimum atomic E-state index is -0.977. The van der Waals surface area contributed by atoms with Gasteiger partial charge in [-0.2, -0.15) is 5.10 Å². The van der Waals surface area contributed by atoms with Crippen molar-refractivity contribution in [2.45, 2.75) is 47.1 Å². The molecule has 3 amide bonds. The molecule has 0 aliphatic rings. The number of hydrogen-bond donors (Lipinski definition) is 2. The second-order valence-corrected chi connectivity index (χ2v) is 5.80. The van der Waals surface area contributed by atoms with Gasteiger partial charge in [-0.1, -0.05) is 13.8 Å². The third-order valence-corrected chi connectivity index (χ3v) is 3.28. The van der Waals surface area contributed by atoms with Crippen molar-refractivity contribution < 1.29 is 19.1 Å². The maximum absolute atomic E-state index is 11.7. The lowest BCUT2D eigenvalue weighted by molar-refractivity contribution is -0.148. The van der Waals surface area contributed by atoms with Gasteiger partial charge < -0.3 is 10.5 Å². The second-order valence-electron chi connectivity index (χ2n) is 5.80. The lowest BCUT2D eigenvalue weighted by Crippen LogP contribution is -2.37. The molecular formula is C15H24N4O4. The Balaban J connectivity index is 2.51. The summed E-state index contributed by atoms with van der Waals surface area (Å²) in [6, 6.07) is -0.977. The van der Waals surface area contributed by atoms with E-state index in [4.69, 9.17) is 10.5 Å². The molecule has 1 aromatic rings. The molecule has 0 unspecified atom stereocenters. The largest absolute Gasteiger partial charge is 0.456 e. The number of urea groups is 1. The van der Waals surface area contributed by atoms with Crippen LogP contribution in [0.1, 0.15) is 37.2 Å². The Morgan fingerprint density at radius 2 is 1.96 bits per heavy atom. The van der Waals surface area contributed by atoms with E-state index in [0.717, 1.165) is 23.5 Å². The van der Waals surface area contributed by atoms with Crippen molar-refractivity contribution in [3.8, 4) is 0 Å². The fourth-order valence-electron chi connectivity index (χ4n) is 2.24. The summed E-state index contributed by atoms with van der Waals surface area (Å²) in [6.07, 6.45) is 0.630. The Hall–Kier alpha value is -2.38. The van der Waals surface area contributed by atoms with E-state index in [1.807, 2.05) is 23.8 Å². The van der Waals surface area contributed by atoms with Gasteiger partial charge in [-0.25, -0.2) is 4.79 Å². The molecule has 0 aliphatic heterocycles. The lowest BCUT2D eigenvalue weighted by Gasteiger charge is -2.08. The molecule has 3 N–H and O–H groups in total. The monoisotopic (exact) mass is 324 g/mol. The minimum absolute atomic E-state index is 0.138. The van der Waals surface area contributed by atoms with Crippen molar-refractivity contribution in [2.75, 3.05) is 6.61 Å². The molecular weight excluding hydrogens is 300 g/mol. The Morgan fingerprint density at radius 1 is 1.30 bits per heavy atom. The van der Waals surface area contributed by atoms with Gasteiger partial charge in [-0.15, -0.1) is 0 Å². The second kappa shape index (κ2) is 8.30. The molecule has 0 radical (unpaired) electrons. The van der Waals surface area contributed by atoms with Crippen LogP contribution >= 0.6 is 0 Å². The van der Waals surface area contributed by atoms with Crippen LogP contribution in [0.3, 0.4) is 0 Å². The number of rotatable bonds is 7. The van der Waals surface area contributed by atoms with Gasteiger partial charge in [0.2, 0.25) is 0 Å². The fourth-order valence-corrected chi connectivity index (χ4v) is 2.24. The zero-order valence-corrected chi connectivity index (χ0v) is 14.0. The quantitative estimate of drug-likeness (QED) is 0.720. The summed E-state index contributed by atoms with van der Waals surface area (Å²) in [5, 5.41) is 6.31. The first-order valence-corrected chi connectivity index (χ1v) is 7.48. The van der Waals surface area contributed by atoms with E-state index in [9.17, 15) is 14.4 Å². The highest BCUT2D eigenvalue weighted by atomic mass is 16.5. The van der Waals surface area contributed by atoms with Gasteiger partial charge in [0, 0.05) is 18.7 Å². The van der Waals surface area contributed by atoms with E-state index >= 15 is 0 Å². The Labute approximate surface area is 135 Å². The van der Waals surface area contributed by atoms with Crippen LogP contribution < -0.4 is 11.1 Å². The number of carbonyl (C=O) groups is 3.